The van der Waals surface area contributed by atoms with Crippen LogP contribution < -0.4 is 20.1 Å². The molecule has 0 unspecified atom stereocenters. The third-order valence-corrected chi connectivity index (χ3v) is 6.71. The highest BCUT2D eigenvalue weighted by molar-refractivity contribution is 5.94. The minimum absolute atomic E-state index is 0.0624. The molecule has 0 saturated carbocycles. The molecule has 4 aromatic rings. The lowest BCUT2D eigenvalue weighted by atomic mass is 10.00. The maximum Gasteiger partial charge on any atom is 0.262 e. The van der Waals surface area contributed by atoms with Crippen molar-refractivity contribution in [2.45, 2.75) is 41.5 Å². The molecule has 2 N–H and O–H groups in total. The van der Waals surface area contributed by atoms with E-state index in [1.54, 1.807) is 0 Å². The molecule has 40 heavy (non-hydrogen) atoms. The van der Waals surface area contributed by atoms with Crippen molar-refractivity contribution in [1.82, 2.24) is 0 Å². The van der Waals surface area contributed by atoms with Gasteiger partial charge in [0.15, 0.2) is 13.2 Å². The first-order chi connectivity index (χ1) is 19.1. The average molecular weight is 537 g/mol. The van der Waals surface area contributed by atoms with Crippen molar-refractivity contribution in [2.75, 3.05) is 23.8 Å². The van der Waals surface area contributed by atoms with Crippen LogP contribution in [-0.4, -0.2) is 25.0 Å². The van der Waals surface area contributed by atoms with Crippen LogP contribution in [0.5, 0.6) is 11.5 Å². The van der Waals surface area contributed by atoms with Crippen LogP contribution >= 0.6 is 0 Å². The van der Waals surface area contributed by atoms with Gasteiger partial charge in [-0.3, -0.25) is 9.59 Å². The van der Waals surface area contributed by atoms with Crippen LogP contribution in [0.15, 0.2) is 72.8 Å². The summed E-state index contributed by atoms with van der Waals surface area (Å²) in [6.07, 6.45) is 0. The minimum atomic E-state index is -0.215. The number of benzene rings is 4. The topological polar surface area (TPSA) is 76.7 Å². The van der Waals surface area contributed by atoms with Gasteiger partial charge in [0.25, 0.3) is 11.8 Å². The summed E-state index contributed by atoms with van der Waals surface area (Å²) < 4.78 is 11.4. The summed E-state index contributed by atoms with van der Waals surface area (Å²) in [6.45, 7) is 11.8. The molecule has 0 saturated heterocycles. The Bertz CT molecular complexity index is 1440. The number of nitrogens with one attached hydrogen (secondary N) is 2. The zero-order valence-electron chi connectivity index (χ0n) is 24.0. The van der Waals surface area contributed by atoms with Gasteiger partial charge in [0, 0.05) is 11.4 Å². The summed E-state index contributed by atoms with van der Waals surface area (Å²) in [7, 11) is 0. The molecule has 4 rings (SSSR count). The number of carbonyl (C=O) groups is 2. The monoisotopic (exact) mass is 536 g/mol. The van der Waals surface area contributed by atoms with Crippen LogP contribution in [0.25, 0.3) is 11.1 Å². The number of aryl methyl sites for hydroxylation is 6. The molecule has 0 bridgehead atoms. The summed E-state index contributed by atoms with van der Waals surface area (Å²) in [4.78, 5) is 25.0. The molecule has 0 spiro atoms. The molecule has 6 nitrogen and oxygen atoms in total. The van der Waals surface area contributed by atoms with E-state index in [0.717, 1.165) is 55.9 Å². The van der Waals surface area contributed by atoms with Crippen molar-refractivity contribution in [3.8, 4) is 22.6 Å². The summed E-state index contributed by atoms with van der Waals surface area (Å²) >= 11 is 0. The molecule has 0 heterocycles. The van der Waals surface area contributed by atoms with Gasteiger partial charge < -0.3 is 20.1 Å². The molecule has 0 aromatic heterocycles. The Kier molecular flexibility index (Phi) is 8.90. The van der Waals surface area contributed by atoms with Crippen molar-refractivity contribution in [3.05, 3.63) is 106 Å². The van der Waals surface area contributed by atoms with Gasteiger partial charge in [-0.1, -0.05) is 47.5 Å². The lowest BCUT2D eigenvalue weighted by Crippen LogP contribution is -2.21. The Morgan fingerprint density at radius 3 is 1.27 bits per heavy atom. The van der Waals surface area contributed by atoms with Gasteiger partial charge in [-0.05, 0) is 111 Å². The summed E-state index contributed by atoms with van der Waals surface area (Å²) in [6, 6.07) is 23.6. The van der Waals surface area contributed by atoms with Crippen LogP contribution in [-0.2, 0) is 9.59 Å². The Hall–Kier alpha value is -4.58. The fourth-order valence-corrected chi connectivity index (χ4v) is 4.55. The van der Waals surface area contributed by atoms with Gasteiger partial charge in [-0.15, -0.1) is 0 Å². The molecule has 206 valence electrons. The molecule has 6 heteroatoms. The normalized spacial score (nSPS) is 10.7. The first-order valence-electron chi connectivity index (χ1n) is 13.3. The molecule has 2 amide bonds. The van der Waals surface area contributed by atoms with Gasteiger partial charge in [-0.2, -0.15) is 0 Å². The number of hydrogen-bond donors (Lipinski definition) is 2. The molecule has 0 atom stereocenters. The smallest absolute Gasteiger partial charge is 0.262 e. The van der Waals surface area contributed by atoms with Crippen LogP contribution in [0.4, 0.5) is 11.4 Å². The molecule has 0 radical (unpaired) electrons. The van der Waals surface area contributed by atoms with Crippen molar-refractivity contribution in [3.63, 3.8) is 0 Å². The fraction of sp³-hybridized carbons (Fsp3) is 0.235. The highest BCUT2D eigenvalue weighted by atomic mass is 16.5. The number of hydrogen-bond acceptors (Lipinski definition) is 4. The van der Waals surface area contributed by atoms with Crippen molar-refractivity contribution < 1.29 is 19.1 Å². The first-order valence-corrected chi connectivity index (χ1v) is 13.3. The number of amides is 2. The highest BCUT2D eigenvalue weighted by Crippen LogP contribution is 2.28. The van der Waals surface area contributed by atoms with Gasteiger partial charge >= 0.3 is 0 Å². The Labute approximate surface area is 236 Å². The highest BCUT2D eigenvalue weighted by Gasteiger charge is 2.11. The summed E-state index contributed by atoms with van der Waals surface area (Å²) in [5, 5.41) is 5.88. The summed E-state index contributed by atoms with van der Waals surface area (Å²) in [5.41, 5.74) is 9.69. The molecule has 0 aliphatic heterocycles. The lowest BCUT2D eigenvalue weighted by molar-refractivity contribution is -0.118. The van der Waals surface area contributed by atoms with Gasteiger partial charge in [-0.25, -0.2) is 0 Å². The van der Waals surface area contributed by atoms with E-state index in [1.165, 1.54) is 0 Å². The Morgan fingerprint density at radius 1 is 0.525 bits per heavy atom. The van der Waals surface area contributed by atoms with E-state index in [1.807, 2.05) is 114 Å². The van der Waals surface area contributed by atoms with Crippen LogP contribution in [0, 0.1) is 41.5 Å². The lowest BCUT2D eigenvalue weighted by Gasteiger charge is -2.14. The van der Waals surface area contributed by atoms with E-state index in [9.17, 15) is 9.59 Å². The molecular formula is C34H36N2O4. The quantitative estimate of drug-likeness (QED) is 0.236. The van der Waals surface area contributed by atoms with Crippen molar-refractivity contribution >= 4 is 23.2 Å². The van der Waals surface area contributed by atoms with E-state index >= 15 is 0 Å². The second-order valence-electron chi connectivity index (χ2n) is 10.3. The van der Waals surface area contributed by atoms with E-state index in [4.69, 9.17) is 9.47 Å². The molecule has 4 aromatic carbocycles. The molecular weight excluding hydrogens is 500 g/mol. The zero-order valence-corrected chi connectivity index (χ0v) is 24.0. The Balaban J connectivity index is 1.34. The Morgan fingerprint density at radius 2 is 0.925 bits per heavy atom. The van der Waals surface area contributed by atoms with Crippen molar-refractivity contribution in [1.29, 1.82) is 0 Å². The van der Waals surface area contributed by atoms with Gasteiger partial charge in [0.1, 0.15) is 11.5 Å². The van der Waals surface area contributed by atoms with E-state index in [0.29, 0.717) is 11.5 Å². The second kappa shape index (κ2) is 12.5. The number of ether oxygens (including phenoxy) is 2. The number of rotatable bonds is 9. The second-order valence-corrected chi connectivity index (χ2v) is 10.3. The third kappa shape index (κ3) is 7.29. The van der Waals surface area contributed by atoms with Crippen LogP contribution in [0.3, 0.4) is 0 Å². The van der Waals surface area contributed by atoms with Crippen LogP contribution in [0.1, 0.15) is 33.4 Å². The van der Waals surface area contributed by atoms with Gasteiger partial charge in [0.05, 0.1) is 0 Å². The van der Waals surface area contributed by atoms with Gasteiger partial charge in [0.2, 0.25) is 0 Å². The minimum Gasteiger partial charge on any atom is -0.483 e. The standard InChI is InChI=1S/C34H36N2O4/c1-21-7-13-31(25(5)15-21)39-19-33(37)35-29-11-9-27(17-23(29)3)28-10-12-30(24(4)18-28)36-34(38)20-40-32-14-8-22(2)16-26(32)6/h7-18H,19-20H2,1-6H3,(H,35,37)(H,36,38). The predicted molar refractivity (Wildman–Crippen MR) is 161 cm³/mol. The number of anilines is 2. The number of carbonyl (C=O) groups excluding carboxylic acids is 2. The fourth-order valence-electron chi connectivity index (χ4n) is 4.55. The zero-order chi connectivity index (χ0) is 28.8. The van der Waals surface area contributed by atoms with E-state index in [-0.39, 0.29) is 25.0 Å². The largest absolute Gasteiger partial charge is 0.483 e. The van der Waals surface area contributed by atoms with E-state index < -0.39 is 0 Å². The maximum absolute atomic E-state index is 12.5. The maximum atomic E-state index is 12.5. The molecule has 0 aliphatic carbocycles. The van der Waals surface area contributed by atoms with E-state index in [2.05, 4.69) is 10.6 Å². The SMILES string of the molecule is Cc1ccc(OCC(=O)Nc2ccc(-c3ccc(NC(=O)COc4ccc(C)cc4C)c(C)c3)cc2C)c(C)c1. The average Bonchev–Trinajstić information content (AvgIpc) is 2.90. The summed E-state index contributed by atoms with van der Waals surface area (Å²) in [5.74, 6) is 0.981. The molecule has 0 aliphatic rings. The van der Waals surface area contributed by atoms with Crippen molar-refractivity contribution in [2.24, 2.45) is 0 Å². The molecule has 0 fully saturated rings. The first kappa shape index (κ1) is 28.4. The van der Waals surface area contributed by atoms with Crippen LogP contribution in [0.2, 0.25) is 0 Å². The predicted octanol–water partition coefficient (Wildman–Crippen LogP) is 7.24. The third-order valence-electron chi connectivity index (χ3n) is 6.71.